The van der Waals surface area contributed by atoms with Crippen LogP contribution in [-0.2, 0) is 16.1 Å². The standard InChI is InChI=1S/C17H30N4O3.HI/c1-6-18-16(20-11-14(23-5)17(2,3)4)21-12-15(22)19-10-13-8-7-9-24-13;/h7-9,14H,6,10-12H2,1-5H3,(H,19,22)(H2,18,20,21);1H. The van der Waals surface area contributed by atoms with Crippen molar-refractivity contribution in [3.63, 3.8) is 0 Å². The van der Waals surface area contributed by atoms with Crippen molar-refractivity contribution >= 4 is 35.8 Å². The molecule has 7 nitrogen and oxygen atoms in total. The first-order valence-corrected chi connectivity index (χ1v) is 8.20. The molecule has 0 radical (unpaired) electrons. The number of guanidine groups is 1. The van der Waals surface area contributed by atoms with Crippen LogP contribution in [0.4, 0.5) is 0 Å². The summed E-state index contributed by atoms with van der Waals surface area (Å²) in [6.45, 7) is 10.1. The van der Waals surface area contributed by atoms with E-state index in [1.807, 2.05) is 13.0 Å². The van der Waals surface area contributed by atoms with E-state index >= 15 is 0 Å². The van der Waals surface area contributed by atoms with Crippen molar-refractivity contribution in [3.05, 3.63) is 24.2 Å². The highest BCUT2D eigenvalue weighted by Gasteiger charge is 2.24. The molecule has 1 atom stereocenters. The number of carbonyl (C=O) groups excluding carboxylic acids is 1. The Morgan fingerprint density at radius 3 is 2.56 bits per heavy atom. The van der Waals surface area contributed by atoms with Gasteiger partial charge < -0.3 is 25.1 Å². The number of ether oxygens (including phenoxy) is 1. The van der Waals surface area contributed by atoms with E-state index in [4.69, 9.17) is 9.15 Å². The first kappa shape index (κ1) is 23.7. The molecule has 3 N–H and O–H groups in total. The lowest BCUT2D eigenvalue weighted by Crippen LogP contribution is -2.45. The van der Waals surface area contributed by atoms with Gasteiger partial charge in [-0.3, -0.25) is 4.79 Å². The quantitative estimate of drug-likeness (QED) is 0.311. The summed E-state index contributed by atoms with van der Waals surface area (Å²) < 4.78 is 10.7. The van der Waals surface area contributed by atoms with Gasteiger partial charge in [0.2, 0.25) is 5.91 Å². The summed E-state index contributed by atoms with van der Waals surface area (Å²) in [4.78, 5) is 16.2. The Morgan fingerprint density at radius 1 is 1.32 bits per heavy atom. The minimum Gasteiger partial charge on any atom is -0.467 e. The molecule has 0 aliphatic heterocycles. The van der Waals surface area contributed by atoms with Crippen LogP contribution in [0.1, 0.15) is 33.5 Å². The summed E-state index contributed by atoms with van der Waals surface area (Å²) in [5, 5.41) is 9.10. The molecule has 1 heterocycles. The number of rotatable bonds is 8. The van der Waals surface area contributed by atoms with Crippen molar-refractivity contribution in [1.82, 2.24) is 16.0 Å². The van der Waals surface area contributed by atoms with Crippen LogP contribution in [0, 0.1) is 5.41 Å². The minimum absolute atomic E-state index is 0. The number of carbonyl (C=O) groups is 1. The number of hydrogen-bond acceptors (Lipinski definition) is 4. The molecule has 0 aliphatic carbocycles. The number of nitrogens with zero attached hydrogens (tertiary/aromatic N) is 1. The molecule has 1 aromatic heterocycles. The number of aliphatic imine (C=N–C) groups is 1. The Kier molecular flexibility index (Phi) is 11.5. The third-order valence-electron chi connectivity index (χ3n) is 3.47. The fourth-order valence-corrected chi connectivity index (χ4v) is 2.08. The van der Waals surface area contributed by atoms with Crippen LogP contribution in [0.5, 0.6) is 0 Å². The smallest absolute Gasteiger partial charge is 0.242 e. The van der Waals surface area contributed by atoms with Crippen LogP contribution in [-0.4, -0.2) is 44.7 Å². The van der Waals surface area contributed by atoms with E-state index in [0.717, 1.165) is 0 Å². The second-order valence-electron chi connectivity index (χ2n) is 6.52. The summed E-state index contributed by atoms with van der Waals surface area (Å²) in [5.74, 6) is 1.14. The van der Waals surface area contributed by atoms with E-state index in [0.29, 0.717) is 31.4 Å². The lowest BCUT2D eigenvalue weighted by Gasteiger charge is -2.30. The number of halogens is 1. The molecule has 25 heavy (non-hydrogen) atoms. The van der Waals surface area contributed by atoms with E-state index in [1.54, 1.807) is 19.4 Å². The highest BCUT2D eigenvalue weighted by atomic mass is 127. The zero-order valence-corrected chi connectivity index (χ0v) is 18.0. The number of furan rings is 1. The van der Waals surface area contributed by atoms with Crippen LogP contribution in [0.15, 0.2) is 27.8 Å². The lowest BCUT2D eigenvalue weighted by molar-refractivity contribution is -0.119. The molecule has 0 saturated heterocycles. The number of nitrogens with one attached hydrogen (secondary N) is 3. The Labute approximate surface area is 167 Å². The van der Waals surface area contributed by atoms with Gasteiger partial charge in [-0.2, -0.15) is 0 Å². The SMILES string of the molecule is CCNC(=NCC(=O)NCc1ccco1)NCC(OC)C(C)(C)C.I. The molecule has 0 bridgehead atoms. The van der Waals surface area contributed by atoms with Gasteiger partial charge in [-0.25, -0.2) is 4.99 Å². The van der Waals surface area contributed by atoms with Crippen molar-refractivity contribution in [2.75, 3.05) is 26.7 Å². The Hall–Kier alpha value is -1.29. The Morgan fingerprint density at radius 2 is 2.04 bits per heavy atom. The third-order valence-corrected chi connectivity index (χ3v) is 3.47. The van der Waals surface area contributed by atoms with Gasteiger partial charge in [-0.15, -0.1) is 24.0 Å². The van der Waals surface area contributed by atoms with E-state index in [1.165, 1.54) is 0 Å². The van der Waals surface area contributed by atoms with Crippen LogP contribution < -0.4 is 16.0 Å². The molecular formula is C17H31IN4O3. The summed E-state index contributed by atoms with van der Waals surface area (Å²) >= 11 is 0. The Bertz CT molecular complexity index is 512. The summed E-state index contributed by atoms with van der Waals surface area (Å²) in [7, 11) is 1.70. The topological polar surface area (TPSA) is 87.9 Å². The van der Waals surface area contributed by atoms with Gasteiger partial charge in [0.1, 0.15) is 12.3 Å². The second kappa shape index (κ2) is 12.1. The lowest BCUT2D eigenvalue weighted by atomic mass is 9.89. The second-order valence-corrected chi connectivity index (χ2v) is 6.52. The maximum Gasteiger partial charge on any atom is 0.242 e. The molecule has 1 amide bonds. The van der Waals surface area contributed by atoms with Crippen molar-refractivity contribution < 1.29 is 13.9 Å². The maximum atomic E-state index is 11.9. The predicted molar refractivity (Wildman–Crippen MR) is 110 cm³/mol. The van der Waals surface area contributed by atoms with Gasteiger partial charge in [0.15, 0.2) is 5.96 Å². The molecule has 0 aromatic carbocycles. The van der Waals surface area contributed by atoms with E-state index in [2.05, 4.69) is 41.7 Å². The predicted octanol–water partition coefficient (Wildman–Crippen LogP) is 2.13. The highest BCUT2D eigenvalue weighted by Crippen LogP contribution is 2.20. The first-order valence-electron chi connectivity index (χ1n) is 8.20. The van der Waals surface area contributed by atoms with Crippen molar-refractivity contribution in [3.8, 4) is 0 Å². The molecule has 0 saturated carbocycles. The summed E-state index contributed by atoms with van der Waals surface area (Å²) in [6, 6.07) is 3.60. The third kappa shape index (κ3) is 9.69. The Balaban J connectivity index is 0.00000576. The normalized spacial score (nSPS) is 12.9. The largest absolute Gasteiger partial charge is 0.467 e. The zero-order valence-electron chi connectivity index (χ0n) is 15.7. The average molecular weight is 466 g/mol. The molecule has 1 unspecified atom stereocenters. The van der Waals surface area contributed by atoms with Gasteiger partial charge in [0, 0.05) is 20.2 Å². The number of hydrogen-bond donors (Lipinski definition) is 3. The monoisotopic (exact) mass is 466 g/mol. The minimum atomic E-state index is -0.164. The fraction of sp³-hybridized carbons (Fsp3) is 0.647. The average Bonchev–Trinajstić information content (AvgIpc) is 3.03. The summed E-state index contributed by atoms with van der Waals surface area (Å²) in [6.07, 6.45) is 1.61. The van der Waals surface area contributed by atoms with Gasteiger partial charge in [0.25, 0.3) is 0 Å². The molecule has 0 aliphatic rings. The van der Waals surface area contributed by atoms with Crippen molar-refractivity contribution in [2.45, 2.75) is 40.3 Å². The van der Waals surface area contributed by atoms with Crippen molar-refractivity contribution in [1.29, 1.82) is 0 Å². The molecular weight excluding hydrogens is 435 g/mol. The molecule has 0 spiro atoms. The number of methoxy groups -OCH3 is 1. The van der Waals surface area contributed by atoms with E-state index < -0.39 is 0 Å². The highest BCUT2D eigenvalue weighted by molar-refractivity contribution is 14.0. The van der Waals surface area contributed by atoms with Crippen LogP contribution in [0.2, 0.25) is 0 Å². The van der Waals surface area contributed by atoms with E-state index in [-0.39, 0.29) is 47.9 Å². The molecule has 1 rings (SSSR count). The zero-order chi connectivity index (χ0) is 18.0. The van der Waals surface area contributed by atoms with Crippen LogP contribution in [0.3, 0.4) is 0 Å². The van der Waals surface area contributed by atoms with Crippen LogP contribution >= 0.6 is 24.0 Å². The molecule has 0 fully saturated rings. The molecule has 8 heteroatoms. The molecule has 144 valence electrons. The van der Waals surface area contributed by atoms with E-state index in [9.17, 15) is 4.79 Å². The fourth-order valence-electron chi connectivity index (χ4n) is 2.08. The number of amides is 1. The maximum absolute atomic E-state index is 11.9. The van der Waals surface area contributed by atoms with Crippen LogP contribution in [0.25, 0.3) is 0 Å². The van der Waals surface area contributed by atoms with Gasteiger partial charge in [0.05, 0.1) is 18.9 Å². The van der Waals surface area contributed by atoms with Gasteiger partial charge in [-0.05, 0) is 24.5 Å². The van der Waals surface area contributed by atoms with Gasteiger partial charge in [-0.1, -0.05) is 20.8 Å². The molecule has 1 aromatic rings. The van der Waals surface area contributed by atoms with Gasteiger partial charge >= 0.3 is 0 Å². The first-order chi connectivity index (χ1) is 11.4. The van der Waals surface area contributed by atoms with Crippen molar-refractivity contribution in [2.24, 2.45) is 10.4 Å². The summed E-state index contributed by atoms with van der Waals surface area (Å²) in [5.41, 5.74) is 0.0134.